The molecule has 4 rings (SSSR count). The Morgan fingerprint density at radius 3 is 2.30 bits per heavy atom. The molecular weight excluding hydrogens is 422 g/mol. The van der Waals surface area contributed by atoms with Crippen LogP contribution in [0.5, 0.6) is 5.75 Å². The molecule has 0 unspecified atom stereocenters. The minimum absolute atomic E-state index is 0.00616. The maximum absolute atomic E-state index is 13.3. The van der Waals surface area contributed by atoms with Gasteiger partial charge in [-0.2, -0.15) is 0 Å². The molecule has 0 atom stereocenters. The maximum atomic E-state index is 13.3. The van der Waals surface area contributed by atoms with Crippen molar-refractivity contribution in [2.24, 2.45) is 0 Å². The molecule has 2 heterocycles. The predicted molar refractivity (Wildman–Crippen MR) is 126 cm³/mol. The number of hydrogen-bond acceptors (Lipinski definition) is 5. The van der Waals surface area contributed by atoms with Crippen LogP contribution in [0.3, 0.4) is 0 Å². The smallest absolute Gasteiger partial charge is 0.341 e. The fraction of sp³-hybridized carbons (Fsp3) is 0.160. The number of rotatable bonds is 7. The summed E-state index contributed by atoms with van der Waals surface area (Å²) in [6.07, 6.45) is 4.26. The van der Waals surface area contributed by atoms with Crippen LogP contribution in [0.1, 0.15) is 21.5 Å². The summed E-state index contributed by atoms with van der Waals surface area (Å²) in [6.45, 7) is 0.311. The predicted octanol–water partition coefficient (Wildman–Crippen LogP) is 2.85. The molecule has 0 saturated carbocycles. The molecule has 0 amide bonds. The van der Waals surface area contributed by atoms with Crippen LogP contribution >= 0.6 is 0 Å². The number of carboxylic acid groups (broad SMARTS) is 1. The number of carboxylic acids is 1. The Labute approximate surface area is 189 Å². The number of aromatic carboxylic acids is 1. The molecule has 0 aliphatic heterocycles. The molecule has 33 heavy (non-hydrogen) atoms. The zero-order valence-corrected chi connectivity index (χ0v) is 18.3. The molecule has 8 nitrogen and oxygen atoms in total. The van der Waals surface area contributed by atoms with E-state index in [0.717, 1.165) is 23.0 Å². The molecule has 8 heteroatoms. The minimum atomic E-state index is -1.39. The molecular formula is C25H23N3O5. The van der Waals surface area contributed by atoms with E-state index in [-0.39, 0.29) is 24.4 Å². The van der Waals surface area contributed by atoms with Gasteiger partial charge in [0.25, 0.3) is 5.56 Å². The first-order chi connectivity index (χ1) is 15.8. The number of ether oxygens (including phenoxy) is 1. The van der Waals surface area contributed by atoms with E-state index in [1.54, 1.807) is 12.4 Å². The number of benzene rings is 2. The highest BCUT2D eigenvalue weighted by molar-refractivity contribution is 5.88. The van der Waals surface area contributed by atoms with Gasteiger partial charge >= 0.3 is 5.97 Å². The largest absolute Gasteiger partial charge is 0.483 e. The van der Waals surface area contributed by atoms with Crippen molar-refractivity contribution >= 4 is 17.2 Å². The Morgan fingerprint density at radius 2 is 1.67 bits per heavy atom. The lowest BCUT2D eigenvalue weighted by Gasteiger charge is -2.15. The fourth-order valence-electron chi connectivity index (χ4n) is 3.53. The van der Waals surface area contributed by atoms with Gasteiger partial charge in [0.1, 0.15) is 12.2 Å². The van der Waals surface area contributed by atoms with Gasteiger partial charge in [-0.15, -0.1) is 0 Å². The van der Waals surface area contributed by atoms with Crippen LogP contribution in [0, 0.1) is 0 Å². The van der Waals surface area contributed by atoms with E-state index in [4.69, 9.17) is 4.74 Å². The molecule has 0 spiro atoms. The Hall–Kier alpha value is -4.33. The molecule has 2 aromatic heterocycles. The van der Waals surface area contributed by atoms with Crippen molar-refractivity contribution in [3.63, 3.8) is 0 Å². The van der Waals surface area contributed by atoms with Crippen molar-refractivity contribution in [3.8, 4) is 5.75 Å². The van der Waals surface area contributed by atoms with Crippen molar-refractivity contribution in [2.45, 2.75) is 13.2 Å². The molecule has 1 N–H and O–H groups in total. The molecule has 4 aromatic rings. The molecule has 0 aliphatic carbocycles. The van der Waals surface area contributed by atoms with Crippen LogP contribution in [-0.4, -0.2) is 34.1 Å². The SMILES string of the molecule is CN(C)c1ccc(Cn2ccn3cc(C(=O)O)c(=O)c(OCc4ccccc4)c3c2=O)cc1. The van der Waals surface area contributed by atoms with Crippen molar-refractivity contribution in [1.82, 2.24) is 8.97 Å². The first-order valence-electron chi connectivity index (χ1n) is 10.3. The summed E-state index contributed by atoms with van der Waals surface area (Å²) in [7, 11) is 3.89. The zero-order chi connectivity index (χ0) is 23.5. The van der Waals surface area contributed by atoms with Crippen molar-refractivity contribution in [2.75, 3.05) is 19.0 Å². The second-order valence-corrected chi connectivity index (χ2v) is 7.83. The number of hydrogen-bond donors (Lipinski definition) is 1. The van der Waals surface area contributed by atoms with Gasteiger partial charge in [-0.05, 0) is 23.3 Å². The number of carbonyl (C=O) groups is 1. The van der Waals surface area contributed by atoms with E-state index < -0.39 is 22.5 Å². The Bertz CT molecular complexity index is 1420. The van der Waals surface area contributed by atoms with Crippen LogP contribution < -0.4 is 20.6 Å². The van der Waals surface area contributed by atoms with Gasteiger partial charge in [0, 0.05) is 38.4 Å². The van der Waals surface area contributed by atoms with Gasteiger partial charge in [-0.1, -0.05) is 42.5 Å². The van der Waals surface area contributed by atoms with E-state index in [0.29, 0.717) is 0 Å². The Balaban J connectivity index is 1.79. The monoisotopic (exact) mass is 445 g/mol. The standard InChI is InChI=1S/C25H23N3O5/c1-26(2)19-10-8-17(9-11-19)14-28-13-12-27-15-20(25(31)32)22(29)23(21(27)24(28)30)33-16-18-6-4-3-5-7-18/h3-13,15H,14,16H2,1-2H3,(H,31,32). The first kappa shape index (κ1) is 21.9. The summed E-state index contributed by atoms with van der Waals surface area (Å²) >= 11 is 0. The number of nitrogens with zero attached hydrogens (tertiary/aromatic N) is 3. The van der Waals surface area contributed by atoms with Crippen molar-refractivity contribution in [1.29, 1.82) is 0 Å². The second-order valence-electron chi connectivity index (χ2n) is 7.83. The fourth-order valence-corrected chi connectivity index (χ4v) is 3.53. The van der Waals surface area contributed by atoms with E-state index in [9.17, 15) is 19.5 Å². The summed E-state index contributed by atoms with van der Waals surface area (Å²) in [5.41, 5.74) is 0.973. The average Bonchev–Trinajstić information content (AvgIpc) is 2.81. The topological polar surface area (TPSA) is 93.2 Å². The lowest BCUT2D eigenvalue weighted by molar-refractivity contribution is 0.0694. The van der Waals surface area contributed by atoms with Crippen molar-refractivity contribution in [3.05, 3.63) is 110 Å². The zero-order valence-electron chi connectivity index (χ0n) is 18.3. The number of anilines is 1. The summed E-state index contributed by atoms with van der Waals surface area (Å²) in [5.74, 6) is -1.66. The quantitative estimate of drug-likeness (QED) is 0.470. The Morgan fingerprint density at radius 1 is 0.970 bits per heavy atom. The van der Waals surface area contributed by atoms with Crippen LogP contribution in [0.15, 0.2) is 82.8 Å². The van der Waals surface area contributed by atoms with E-state index in [1.165, 1.54) is 8.97 Å². The summed E-state index contributed by atoms with van der Waals surface area (Å²) in [4.78, 5) is 39.8. The molecule has 0 aliphatic rings. The number of aromatic nitrogens is 2. The summed E-state index contributed by atoms with van der Waals surface area (Å²) < 4.78 is 8.54. The van der Waals surface area contributed by atoms with Gasteiger partial charge in [0.15, 0.2) is 11.3 Å². The highest BCUT2D eigenvalue weighted by Crippen LogP contribution is 2.17. The highest BCUT2D eigenvalue weighted by atomic mass is 16.5. The average molecular weight is 445 g/mol. The van der Waals surface area contributed by atoms with Gasteiger partial charge in [0.05, 0.1) is 6.54 Å². The highest BCUT2D eigenvalue weighted by Gasteiger charge is 2.20. The third-order valence-electron chi connectivity index (χ3n) is 5.33. The third-order valence-corrected chi connectivity index (χ3v) is 5.33. The van der Waals surface area contributed by atoms with E-state index >= 15 is 0 Å². The maximum Gasteiger partial charge on any atom is 0.341 e. The van der Waals surface area contributed by atoms with Gasteiger partial charge < -0.3 is 23.7 Å². The lowest BCUT2D eigenvalue weighted by atomic mass is 10.2. The van der Waals surface area contributed by atoms with E-state index in [1.807, 2.05) is 73.6 Å². The molecule has 168 valence electrons. The van der Waals surface area contributed by atoms with Gasteiger partial charge in [-0.25, -0.2) is 4.79 Å². The Kier molecular flexibility index (Phi) is 5.99. The number of fused-ring (bicyclic) bond motifs is 1. The molecule has 2 aromatic carbocycles. The van der Waals surface area contributed by atoms with Crippen LogP contribution in [0.4, 0.5) is 5.69 Å². The molecule has 0 saturated heterocycles. The lowest BCUT2D eigenvalue weighted by Crippen LogP contribution is -2.27. The van der Waals surface area contributed by atoms with Crippen LogP contribution in [0.2, 0.25) is 0 Å². The van der Waals surface area contributed by atoms with Gasteiger partial charge in [-0.3, -0.25) is 9.59 Å². The van der Waals surface area contributed by atoms with E-state index in [2.05, 4.69) is 0 Å². The molecule has 0 bridgehead atoms. The second kappa shape index (κ2) is 9.04. The summed E-state index contributed by atoms with van der Waals surface area (Å²) in [6, 6.07) is 16.9. The third kappa shape index (κ3) is 4.50. The normalized spacial score (nSPS) is 10.8. The molecule has 0 radical (unpaired) electrons. The summed E-state index contributed by atoms with van der Waals surface area (Å²) in [5, 5.41) is 9.46. The van der Waals surface area contributed by atoms with Crippen LogP contribution in [-0.2, 0) is 13.2 Å². The first-order valence-corrected chi connectivity index (χ1v) is 10.3. The molecule has 0 fully saturated rings. The number of pyridine rings is 1. The van der Waals surface area contributed by atoms with Crippen LogP contribution in [0.25, 0.3) is 5.52 Å². The van der Waals surface area contributed by atoms with Gasteiger partial charge in [0.2, 0.25) is 5.43 Å². The van der Waals surface area contributed by atoms with Crippen molar-refractivity contribution < 1.29 is 14.6 Å². The minimum Gasteiger partial charge on any atom is -0.483 e.